The molecule has 1 aromatic rings. The van der Waals surface area contributed by atoms with E-state index in [1.165, 1.54) is 10.5 Å². The molecule has 0 saturated carbocycles. The molecule has 0 spiro atoms. The minimum Gasteiger partial charge on any atom is -0.492 e. The molecule has 1 aliphatic heterocycles. The van der Waals surface area contributed by atoms with E-state index < -0.39 is 0 Å². The van der Waals surface area contributed by atoms with Crippen LogP contribution in [0.1, 0.15) is 37.7 Å². The quantitative estimate of drug-likeness (QED) is 0.890. The van der Waals surface area contributed by atoms with E-state index >= 15 is 0 Å². The lowest BCUT2D eigenvalue weighted by Crippen LogP contribution is -2.13. The van der Waals surface area contributed by atoms with Crippen LogP contribution in [-0.2, 0) is 4.79 Å². The molecule has 1 heterocycles. The Balaban J connectivity index is 2.22. The molecule has 18 heavy (non-hydrogen) atoms. The van der Waals surface area contributed by atoms with E-state index in [0.717, 1.165) is 31.0 Å². The number of carbonyl (C=O) groups is 1. The maximum Gasteiger partial charge on any atom is 0.217 e. The number of nitrogens with two attached hydrogens (primary N) is 1. The van der Waals surface area contributed by atoms with Crippen molar-refractivity contribution in [1.29, 1.82) is 0 Å². The van der Waals surface area contributed by atoms with Crippen LogP contribution in [-0.4, -0.2) is 18.3 Å². The van der Waals surface area contributed by atoms with Gasteiger partial charge in [-0.05, 0) is 30.4 Å². The molecule has 98 valence electrons. The molecular formula is C14H19NO2S. The molecule has 2 rings (SSSR count). The average Bonchev–Trinajstić information content (AvgIpc) is 2.39. The normalized spacial score (nSPS) is 15.6. The van der Waals surface area contributed by atoms with E-state index in [9.17, 15) is 4.79 Å². The molecule has 4 heteroatoms. The van der Waals surface area contributed by atoms with Gasteiger partial charge in [-0.3, -0.25) is 4.79 Å². The van der Waals surface area contributed by atoms with Crippen LogP contribution in [0.25, 0.3) is 0 Å². The summed E-state index contributed by atoms with van der Waals surface area (Å²) >= 11 is 1.85. The van der Waals surface area contributed by atoms with Crippen molar-refractivity contribution in [2.75, 3.05) is 12.4 Å². The first kappa shape index (κ1) is 13.3. The minimum atomic E-state index is -0.220. The van der Waals surface area contributed by atoms with Gasteiger partial charge < -0.3 is 10.5 Å². The zero-order chi connectivity index (χ0) is 13.0. The van der Waals surface area contributed by atoms with Crippen LogP contribution in [0.4, 0.5) is 0 Å². The molecular weight excluding hydrogens is 246 g/mol. The van der Waals surface area contributed by atoms with Gasteiger partial charge in [0.2, 0.25) is 5.91 Å². The lowest BCUT2D eigenvalue weighted by molar-refractivity contribution is -0.118. The van der Waals surface area contributed by atoms with Gasteiger partial charge in [0.15, 0.2) is 0 Å². The highest BCUT2D eigenvalue weighted by Crippen LogP contribution is 2.41. The van der Waals surface area contributed by atoms with Gasteiger partial charge in [0.05, 0.1) is 11.5 Å². The number of amides is 1. The van der Waals surface area contributed by atoms with Crippen molar-refractivity contribution < 1.29 is 9.53 Å². The Morgan fingerprint density at radius 2 is 2.39 bits per heavy atom. The summed E-state index contributed by atoms with van der Waals surface area (Å²) in [7, 11) is 0. The summed E-state index contributed by atoms with van der Waals surface area (Å²) in [5.74, 6) is 2.15. The molecule has 1 aliphatic rings. The van der Waals surface area contributed by atoms with Crippen molar-refractivity contribution in [3.8, 4) is 5.75 Å². The third kappa shape index (κ3) is 2.99. The van der Waals surface area contributed by atoms with Crippen LogP contribution in [0.5, 0.6) is 5.75 Å². The lowest BCUT2D eigenvalue weighted by Gasteiger charge is -2.23. The predicted octanol–water partition coefficient (Wildman–Crippen LogP) is 2.93. The van der Waals surface area contributed by atoms with Crippen LogP contribution < -0.4 is 10.5 Å². The Bertz CT molecular complexity index is 434. The van der Waals surface area contributed by atoms with E-state index in [1.54, 1.807) is 0 Å². The van der Waals surface area contributed by atoms with E-state index in [1.807, 2.05) is 23.9 Å². The molecule has 0 radical (unpaired) electrons. The summed E-state index contributed by atoms with van der Waals surface area (Å²) in [5.41, 5.74) is 6.55. The van der Waals surface area contributed by atoms with Crippen molar-refractivity contribution >= 4 is 17.7 Å². The van der Waals surface area contributed by atoms with Crippen LogP contribution in [0.3, 0.4) is 0 Å². The van der Waals surface area contributed by atoms with Gasteiger partial charge in [0.1, 0.15) is 5.75 Å². The molecule has 0 saturated heterocycles. The second kappa shape index (κ2) is 6.14. The third-order valence-corrected chi connectivity index (χ3v) is 4.36. The lowest BCUT2D eigenvalue weighted by atomic mass is 9.91. The fourth-order valence-electron chi connectivity index (χ4n) is 2.31. The molecule has 0 bridgehead atoms. The van der Waals surface area contributed by atoms with Crippen molar-refractivity contribution in [2.45, 2.75) is 37.0 Å². The maximum absolute atomic E-state index is 10.9. The number of hydrogen-bond donors (Lipinski definition) is 1. The van der Waals surface area contributed by atoms with Crippen molar-refractivity contribution in [2.24, 2.45) is 5.73 Å². The molecule has 0 aliphatic carbocycles. The van der Waals surface area contributed by atoms with E-state index in [2.05, 4.69) is 13.0 Å². The summed E-state index contributed by atoms with van der Waals surface area (Å²) in [4.78, 5) is 12.2. The molecule has 3 nitrogen and oxygen atoms in total. The number of primary amides is 1. The third-order valence-electron chi connectivity index (χ3n) is 3.27. The first-order valence-corrected chi connectivity index (χ1v) is 7.37. The van der Waals surface area contributed by atoms with E-state index in [4.69, 9.17) is 10.5 Å². The molecule has 1 atom stereocenters. The van der Waals surface area contributed by atoms with Gasteiger partial charge >= 0.3 is 0 Å². The molecule has 1 unspecified atom stereocenters. The van der Waals surface area contributed by atoms with Crippen molar-refractivity contribution in [3.63, 3.8) is 0 Å². The second-order valence-corrected chi connectivity index (χ2v) is 5.59. The minimum absolute atomic E-state index is 0.220. The summed E-state index contributed by atoms with van der Waals surface area (Å²) < 4.78 is 5.67. The van der Waals surface area contributed by atoms with E-state index in [-0.39, 0.29) is 5.91 Å². The topological polar surface area (TPSA) is 52.3 Å². The number of fused-ring (bicyclic) bond motifs is 1. The first-order valence-electron chi connectivity index (χ1n) is 6.39. The number of thioether (sulfide) groups is 1. The Hall–Kier alpha value is -1.16. The van der Waals surface area contributed by atoms with E-state index in [0.29, 0.717) is 12.3 Å². The molecule has 0 fully saturated rings. The number of rotatable bonds is 5. The summed E-state index contributed by atoms with van der Waals surface area (Å²) in [6, 6.07) is 6.20. The van der Waals surface area contributed by atoms with Crippen molar-refractivity contribution in [3.05, 3.63) is 23.8 Å². The average molecular weight is 265 g/mol. The second-order valence-electron chi connectivity index (χ2n) is 4.48. The number of carbonyl (C=O) groups excluding carboxylic acids is 1. The Morgan fingerprint density at radius 1 is 1.56 bits per heavy atom. The maximum atomic E-state index is 10.9. The Kier molecular flexibility index (Phi) is 4.53. The van der Waals surface area contributed by atoms with Crippen molar-refractivity contribution in [1.82, 2.24) is 0 Å². The number of benzene rings is 1. The zero-order valence-corrected chi connectivity index (χ0v) is 11.5. The Morgan fingerprint density at radius 3 is 3.11 bits per heavy atom. The van der Waals surface area contributed by atoms with Crippen LogP contribution in [0.2, 0.25) is 0 Å². The van der Waals surface area contributed by atoms with Gasteiger partial charge in [-0.1, -0.05) is 19.1 Å². The molecule has 2 N–H and O–H groups in total. The van der Waals surface area contributed by atoms with Gasteiger partial charge in [-0.25, -0.2) is 0 Å². The van der Waals surface area contributed by atoms with Crippen LogP contribution in [0, 0.1) is 0 Å². The summed E-state index contributed by atoms with van der Waals surface area (Å²) in [6.07, 6.45) is 2.29. The Labute approximate surface area is 112 Å². The highest BCUT2D eigenvalue weighted by atomic mass is 32.2. The summed E-state index contributed by atoms with van der Waals surface area (Å²) in [5, 5.41) is 0. The molecule has 1 amide bonds. The molecule has 0 aromatic heterocycles. The zero-order valence-electron chi connectivity index (χ0n) is 10.6. The fraction of sp³-hybridized carbons (Fsp3) is 0.500. The van der Waals surface area contributed by atoms with Gasteiger partial charge in [-0.2, -0.15) is 0 Å². The SMILES string of the molecule is CCC(CCC(N)=O)c1cccc2c1SCCO2. The van der Waals surface area contributed by atoms with Crippen LogP contribution >= 0.6 is 11.8 Å². The van der Waals surface area contributed by atoms with Crippen LogP contribution in [0.15, 0.2) is 23.1 Å². The standard InChI is InChI=1S/C14H19NO2S/c1-2-10(6-7-13(15)16)11-4-3-5-12-14(11)18-9-8-17-12/h3-5,10H,2,6-9H2,1H3,(H2,15,16). The monoisotopic (exact) mass is 265 g/mol. The smallest absolute Gasteiger partial charge is 0.217 e. The number of hydrogen-bond acceptors (Lipinski definition) is 3. The first-order chi connectivity index (χ1) is 8.72. The predicted molar refractivity (Wildman–Crippen MR) is 74.1 cm³/mol. The van der Waals surface area contributed by atoms with Gasteiger partial charge in [0, 0.05) is 12.2 Å². The van der Waals surface area contributed by atoms with Gasteiger partial charge in [0.25, 0.3) is 0 Å². The highest BCUT2D eigenvalue weighted by molar-refractivity contribution is 7.99. The highest BCUT2D eigenvalue weighted by Gasteiger charge is 2.20. The fourth-order valence-corrected chi connectivity index (χ4v) is 3.36. The van der Waals surface area contributed by atoms with Gasteiger partial charge in [-0.15, -0.1) is 11.8 Å². The largest absolute Gasteiger partial charge is 0.492 e. The molecule has 1 aromatic carbocycles. The number of ether oxygens (including phenoxy) is 1. The summed E-state index contributed by atoms with van der Waals surface area (Å²) in [6.45, 7) is 2.93.